The van der Waals surface area contributed by atoms with Crippen molar-refractivity contribution >= 4 is 23.6 Å². The Hall–Kier alpha value is -2.30. The molecule has 2 amide bonds. The molecule has 0 fully saturated rings. The summed E-state index contributed by atoms with van der Waals surface area (Å²) < 4.78 is 0. The van der Waals surface area contributed by atoms with E-state index >= 15 is 0 Å². The van der Waals surface area contributed by atoms with Crippen LogP contribution in [0.25, 0.3) is 6.08 Å². The first-order valence-corrected chi connectivity index (χ1v) is 8.53. The van der Waals surface area contributed by atoms with Crippen LogP contribution in [-0.4, -0.2) is 70.0 Å². The Morgan fingerprint density at radius 3 is 2.52 bits per heavy atom. The quantitative estimate of drug-likeness (QED) is 0.467. The second-order valence-electron chi connectivity index (χ2n) is 6.78. The highest BCUT2D eigenvalue weighted by molar-refractivity contribution is 6.21. The number of urea groups is 1. The number of hydrogen-bond donors (Lipinski definition) is 5. The zero-order chi connectivity index (χ0) is 19.9. The number of amidine groups is 1. The molecule has 0 aromatic heterocycles. The number of aliphatic hydroxyl groups is 4. The highest BCUT2D eigenvalue weighted by Gasteiger charge is 2.37. The molecule has 5 N–H and O–H groups in total. The number of hydrogen-bond acceptors (Lipinski definition) is 6. The SMILES string of the molecule is Cc1cc2c(cc1C)N(C[C@H](O)[C@H](O)[C@H](O)CO)C1=NC(=O)NC([O])C1=C2. The van der Waals surface area contributed by atoms with E-state index in [2.05, 4.69) is 10.3 Å². The average molecular weight is 376 g/mol. The van der Waals surface area contributed by atoms with Crippen molar-refractivity contribution in [2.24, 2.45) is 4.99 Å². The smallest absolute Gasteiger partial charge is 0.345 e. The van der Waals surface area contributed by atoms with Crippen LogP contribution in [0.5, 0.6) is 0 Å². The first-order valence-electron chi connectivity index (χ1n) is 8.53. The van der Waals surface area contributed by atoms with Gasteiger partial charge in [-0.05, 0) is 48.7 Å². The summed E-state index contributed by atoms with van der Waals surface area (Å²) in [5.41, 5.74) is 3.54. The molecule has 0 spiro atoms. The van der Waals surface area contributed by atoms with Gasteiger partial charge in [0.15, 0.2) is 6.23 Å². The first kappa shape index (κ1) is 19.5. The summed E-state index contributed by atoms with van der Waals surface area (Å²) in [6, 6.07) is 2.94. The van der Waals surface area contributed by atoms with Gasteiger partial charge < -0.3 is 30.6 Å². The van der Waals surface area contributed by atoms with Gasteiger partial charge in [-0.1, -0.05) is 0 Å². The Balaban J connectivity index is 2.06. The van der Waals surface area contributed by atoms with Gasteiger partial charge in [0.2, 0.25) is 0 Å². The summed E-state index contributed by atoms with van der Waals surface area (Å²) in [5.74, 6) is 0.0965. The fraction of sp³-hybridized carbons (Fsp3) is 0.444. The number of aliphatic imine (C=N–C) groups is 1. The van der Waals surface area contributed by atoms with Crippen LogP contribution in [0.2, 0.25) is 0 Å². The van der Waals surface area contributed by atoms with Gasteiger partial charge in [-0.15, -0.1) is 0 Å². The van der Waals surface area contributed by atoms with Gasteiger partial charge in [-0.3, -0.25) is 0 Å². The lowest BCUT2D eigenvalue weighted by molar-refractivity contribution is -0.0725. The number of β-amino-alcohol motifs (C(OH)–C–C–N with tert-alkyl or cyclic N) is 1. The zero-order valence-electron chi connectivity index (χ0n) is 15.0. The summed E-state index contributed by atoms with van der Waals surface area (Å²) in [4.78, 5) is 17.1. The molecule has 9 nitrogen and oxygen atoms in total. The molecule has 9 heteroatoms. The number of fused-ring (bicyclic) bond motifs is 2. The minimum Gasteiger partial charge on any atom is -0.394 e. The fourth-order valence-electron chi connectivity index (χ4n) is 3.16. The molecule has 2 aliphatic heterocycles. The molecule has 4 atom stereocenters. The van der Waals surface area contributed by atoms with E-state index in [1.807, 2.05) is 26.0 Å². The van der Waals surface area contributed by atoms with Crippen molar-refractivity contribution in [1.29, 1.82) is 0 Å². The Labute approximate surface area is 155 Å². The number of nitrogens with one attached hydrogen (secondary N) is 1. The van der Waals surface area contributed by atoms with Gasteiger partial charge in [-0.25, -0.2) is 9.90 Å². The number of nitrogens with zero attached hydrogens (tertiary/aromatic N) is 2. The Bertz CT molecular complexity index is 822. The highest BCUT2D eigenvalue weighted by Crippen LogP contribution is 2.34. The number of aryl methyl sites for hydroxylation is 2. The third-order valence-corrected chi connectivity index (χ3v) is 4.85. The lowest BCUT2D eigenvalue weighted by atomic mass is 9.94. The van der Waals surface area contributed by atoms with E-state index in [-0.39, 0.29) is 18.0 Å². The number of aliphatic hydroxyl groups excluding tert-OH is 4. The van der Waals surface area contributed by atoms with Crippen molar-refractivity contribution in [2.75, 3.05) is 18.1 Å². The maximum absolute atomic E-state index is 12.3. The van der Waals surface area contributed by atoms with Gasteiger partial charge in [-0.2, -0.15) is 4.99 Å². The summed E-state index contributed by atoms with van der Waals surface area (Å²) in [6.45, 7) is 2.88. The third-order valence-electron chi connectivity index (χ3n) is 4.85. The molecule has 0 saturated heterocycles. The van der Waals surface area contributed by atoms with Gasteiger partial charge >= 0.3 is 6.03 Å². The number of anilines is 1. The molecule has 0 saturated carbocycles. The van der Waals surface area contributed by atoms with Crippen molar-refractivity contribution in [3.63, 3.8) is 0 Å². The Morgan fingerprint density at radius 2 is 1.85 bits per heavy atom. The van der Waals surface area contributed by atoms with Gasteiger partial charge in [0.05, 0.1) is 18.8 Å². The van der Waals surface area contributed by atoms with E-state index in [0.29, 0.717) is 11.3 Å². The molecule has 1 aromatic carbocycles. The number of amides is 2. The third kappa shape index (κ3) is 3.60. The molecule has 1 unspecified atom stereocenters. The number of carbonyl (C=O) groups excluding carboxylic acids is 1. The van der Waals surface area contributed by atoms with E-state index in [1.54, 1.807) is 6.08 Å². The Kier molecular flexibility index (Phi) is 5.31. The van der Waals surface area contributed by atoms with Gasteiger partial charge in [0, 0.05) is 5.57 Å². The molecule has 27 heavy (non-hydrogen) atoms. The molecule has 3 rings (SSSR count). The van der Waals surface area contributed by atoms with Crippen LogP contribution in [-0.2, 0) is 5.11 Å². The predicted octanol–water partition coefficient (Wildman–Crippen LogP) is -0.540. The molecule has 2 heterocycles. The van der Waals surface area contributed by atoms with E-state index < -0.39 is 37.2 Å². The van der Waals surface area contributed by atoms with Crippen LogP contribution in [0, 0.1) is 13.8 Å². The van der Waals surface area contributed by atoms with Crippen LogP contribution in [0.1, 0.15) is 16.7 Å². The predicted molar refractivity (Wildman–Crippen MR) is 96.8 cm³/mol. The van der Waals surface area contributed by atoms with Crippen LogP contribution < -0.4 is 10.2 Å². The fourth-order valence-corrected chi connectivity index (χ4v) is 3.16. The summed E-state index contributed by atoms with van der Waals surface area (Å²) >= 11 is 0. The van der Waals surface area contributed by atoms with E-state index in [0.717, 1.165) is 11.1 Å². The maximum atomic E-state index is 12.3. The van der Waals surface area contributed by atoms with Gasteiger partial charge in [0.25, 0.3) is 0 Å². The molecule has 0 aliphatic carbocycles. The zero-order valence-corrected chi connectivity index (χ0v) is 15.0. The summed E-state index contributed by atoms with van der Waals surface area (Å²) in [5, 5.41) is 53.4. The minimum atomic E-state index is -1.61. The van der Waals surface area contributed by atoms with Crippen LogP contribution in [0.4, 0.5) is 10.5 Å². The van der Waals surface area contributed by atoms with Crippen LogP contribution in [0.3, 0.4) is 0 Å². The van der Waals surface area contributed by atoms with Crippen LogP contribution >= 0.6 is 0 Å². The van der Waals surface area contributed by atoms with E-state index in [4.69, 9.17) is 5.11 Å². The van der Waals surface area contributed by atoms with Gasteiger partial charge in [0.1, 0.15) is 24.1 Å². The molecular formula is C18H22N3O6. The molecule has 1 radical (unpaired) electrons. The average Bonchev–Trinajstić information content (AvgIpc) is 2.62. The minimum absolute atomic E-state index is 0.0965. The Morgan fingerprint density at radius 1 is 1.19 bits per heavy atom. The van der Waals surface area contributed by atoms with E-state index in [1.165, 1.54) is 4.90 Å². The monoisotopic (exact) mass is 376 g/mol. The lowest BCUT2D eigenvalue weighted by Crippen LogP contribution is -2.52. The van der Waals surface area contributed by atoms with Crippen molar-refractivity contribution in [2.45, 2.75) is 38.4 Å². The standard InChI is InChI=1S/C18H22N3O6/c1-8-3-10-5-11-16(19-18(27)20-17(11)26)21(12(10)4-9(8)2)6-13(23)15(25)14(24)7-22/h3-5,13-15,17,22-25H,6-7H2,1-2H3,(H,20,27)/t13-,14+,15-,17?/m0/s1. The van der Waals surface area contributed by atoms with Crippen molar-refractivity contribution in [3.8, 4) is 0 Å². The lowest BCUT2D eigenvalue weighted by Gasteiger charge is -2.37. The summed E-state index contributed by atoms with van der Waals surface area (Å²) in [7, 11) is 0. The van der Waals surface area contributed by atoms with Crippen LogP contribution in [0.15, 0.2) is 22.7 Å². The second-order valence-corrected chi connectivity index (χ2v) is 6.78. The first-order chi connectivity index (χ1) is 12.7. The number of carbonyl (C=O) groups is 1. The molecule has 2 aliphatic rings. The highest BCUT2D eigenvalue weighted by atomic mass is 16.4. The van der Waals surface area contributed by atoms with Crippen molar-refractivity contribution in [3.05, 3.63) is 34.4 Å². The second kappa shape index (κ2) is 7.37. The normalized spacial score (nSPS) is 22.1. The molecule has 0 bridgehead atoms. The topological polar surface area (TPSA) is 146 Å². The maximum Gasteiger partial charge on any atom is 0.345 e. The molecule has 145 valence electrons. The molecular weight excluding hydrogens is 354 g/mol. The summed E-state index contributed by atoms with van der Waals surface area (Å²) in [6.07, 6.45) is -4.45. The van der Waals surface area contributed by atoms with Crippen molar-refractivity contribution < 1.29 is 30.3 Å². The largest absolute Gasteiger partial charge is 0.394 e. The number of rotatable bonds is 5. The molecule has 1 aromatic rings. The van der Waals surface area contributed by atoms with E-state index in [9.17, 15) is 25.2 Å². The number of benzene rings is 1. The van der Waals surface area contributed by atoms with Crippen molar-refractivity contribution in [1.82, 2.24) is 5.32 Å².